The molecule has 0 aromatic heterocycles. The Labute approximate surface area is 113 Å². The van der Waals surface area contributed by atoms with Gasteiger partial charge in [-0.3, -0.25) is 4.90 Å². The Kier molecular flexibility index (Phi) is 6.47. The molecule has 0 amide bonds. The summed E-state index contributed by atoms with van der Waals surface area (Å²) in [6.45, 7) is 3.70. The number of rotatable bonds is 6. The van der Waals surface area contributed by atoms with E-state index in [-0.39, 0.29) is 5.97 Å². The van der Waals surface area contributed by atoms with E-state index in [1.54, 1.807) is 13.0 Å². The van der Waals surface area contributed by atoms with Crippen LogP contribution in [0.4, 0.5) is 0 Å². The van der Waals surface area contributed by atoms with Gasteiger partial charge in [0.15, 0.2) is 0 Å². The van der Waals surface area contributed by atoms with Crippen LogP contribution >= 0.6 is 11.6 Å². The predicted octanol–water partition coefficient (Wildman–Crippen LogP) is 2.89. The third kappa shape index (κ3) is 5.84. The number of carbonyl (C=O) groups is 1. The van der Waals surface area contributed by atoms with E-state index in [1.165, 1.54) is 11.6 Å². The van der Waals surface area contributed by atoms with Crippen molar-refractivity contribution in [1.29, 1.82) is 0 Å². The van der Waals surface area contributed by atoms with Crippen molar-refractivity contribution in [2.45, 2.75) is 13.5 Å². The molecular formula is C14H18ClNO2. The number of esters is 1. The number of carbonyl (C=O) groups excluding carboxylic acids is 1. The molecule has 0 aliphatic heterocycles. The van der Waals surface area contributed by atoms with Gasteiger partial charge in [-0.05, 0) is 31.7 Å². The maximum Gasteiger partial charge on any atom is 0.330 e. The fourth-order valence-corrected chi connectivity index (χ4v) is 1.61. The molecular weight excluding hydrogens is 250 g/mol. The SMILES string of the molecule is CCOC(=O)/C=C/CN(C)Cc1ccc(Cl)cc1. The normalized spacial score (nSPS) is 11.1. The van der Waals surface area contributed by atoms with Crippen LogP contribution in [0.5, 0.6) is 0 Å². The Bertz CT molecular complexity index is 401. The van der Waals surface area contributed by atoms with Crippen LogP contribution in [0.2, 0.25) is 5.02 Å². The van der Waals surface area contributed by atoms with Crippen molar-refractivity contribution in [3.8, 4) is 0 Å². The van der Waals surface area contributed by atoms with Gasteiger partial charge in [0.25, 0.3) is 0 Å². The second kappa shape index (κ2) is 7.90. The average Bonchev–Trinajstić information content (AvgIpc) is 2.32. The maximum absolute atomic E-state index is 11.1. The van der Waals surface area contributed by atoms with Crippen LogP contribution < -0.4 is 0 Å². The van der Waals surface area contributed by atoms with Crippen LogP contribution in [0.15, 0.2) is 36.4 Å². The standard InChI is InChI=1S/C14H18ClNO2/c1-3-18-14(17)5-4-10-16(2)11-12-6-8-13(15)9-7-12/h4-9H,3,10-11H2,1-2H3/b5-4+. The monoisotopic (exact) mass is 267 g/mol. The lowest BCUT2D eigenvalue weighted by Crippen LogP contribution is -2.17. The van der Waals surface area contributed by atoms with Gasteiger partial charge in [-0.15, -0.1) is 0 Å². The first-order chi connectivity index (χ1) is 8.61. The van der Waals surface area contributed by atoms with E-state index in [4.69, 9.17) is 16.3 Å². The van der Waals surface area contributed by atoms with Gasteiger partial charge < -0.3 is 4.74 Å². The summed E-state index contributed by atoms with van der Waals surface area (Å²) in [6, 6.07) is 7.74. The molecule has 0 heterocycles. The quantitative estimate of drug-likeness (QED) is 0.586. The first-order valence-corrected chi connectivity index (χ1v) is 6.26. The molecule has 0 atom stereocenters. The number of hydrogen-bond acceptors (Lipinski definition) is 3. The number of likely N-dealkylation sites (N-methyl/N-ethyl adjacent to an activating group) is 1. The molecule has 0 saturated carbocycles. The van der Waals surface area contributed by atoms with Crippen LogP contribution in [0.1, 0.15) is 12.5 Å². The van der Waals surface area contributed by atoms with Crippen molar-refractivity contribution in [3.05, 3.63) is 47.0 Å². The fourth-order valence-electron chi connectivity index (χ4n) is 1.49. The summed E-state index contributed by atoms with van der Waals surface area (Å²) in [5.74, 6) is -0.294. The molecule has 0 aliphatic carbocycles. The van der Waals surface area contributed by atoms with E-state index in [9.17, 15) is 4.79 Å². The third-order valence-corrected chi connectivity index (χ3v) is 2.58. The van der Waals surface area contributed by atoms with Gasteiger partial charge in [0.1, 0.15) is 0 Å². The van der Waals surface area contributed by atoms with E-state index in [1.807, 2.05) is 31.3 Å². The summed E-state index contributed by atoms with van der Waals surface area (Å²) in [5.41, 5.74) is 1.19. The second-order valence-electron chi connectivity index (χ2n) is 3.98. The van der Waals surface area contributed by atoms with E-state index in [0.29, 0.717) is 13.2 Å². The van der Waals surface area contributed by atoms with Crippen LogP contribution in [-0.4, -0.2) is 31.1 Å². The predicted molar refractivity (Wildman–Crippen MR) is 73.6 cm³/mol. The highest BCUT2D eigenvalue weighted by Crippen LogP contribution is 2.10. The smallest absolute Gasteiger partial charge is 0.330 e. The van der Waals surface area contributed by atoms with E-state index < -0.39 is 0 Å². The lowest BCUT2D eigenvalue weighted by molar-refractivity contribution is -0.137. The topological polar surface area (TPSA) is 29.5 Å². The fraction of sp³-hybridized carbons (Fsp3) is 0.357. The van der Waals surface area contributed by atoms with Crippen molar-refractivity contribution >= 4 is 17.6 Å². The molecule has 0 aliphatic rings. The van der Waals surface area contributed by atoms with Crippen molar-refractivity contribution in [3.63, 3.8) is 0 Å². The minimum absolute atomic E-state index is 0.294. The Morgan fingerprint density at radius 2 is 2.06 bits per heavy atom. The average molecular weight is 268 g/mol. The zero-order chi connectivity index (χ0) is 13.4. The lowest BCUT2D eigenvalue weighted by atomic mass is 10.2. The number of hydrogen-bond donors (Lipinski definition) is 0. The van der Waals surface area contributed by atoms with Crippen molar-refractivity contribution in [1.82, 2.24) is 4.90 Å². The van der Waals surface area contributed by atoms with Crippen molar-refractivity contribution in [2.75, 3.05) is 20.2 Å². The number of nitrogens with zero attached hydrogens (tertiary/aromatic N) is 1. The second-order valence-corrected chi connectivity index (χ2v) is 4.41. The van der Waals surface area contributed by atoms with E-state index in [0.717, 1.165) is 11.6 Å². The molecule has 0 saturated heterocycles. The first-order valence-electron chi connectivity index (χ1n) is 5.88. The summed E-state index contributed by atoms with van der Waals surface area (Å²) >= 11 is 5.82. The maximum atomic E-state index is 11.1. The van der Waals surface area contributed by atoms with Crippen LogP contribution in [0, 0.1) is 0 Å². The van der Waals surface area contributed by atoms with Crippen molar-refractivity contribution in [2.24, 2.45) is 0 Å². The molecule has 4 heteroatoms. The van der Waals surface area contributed by atoms with Crippen LogP contribution in [-0.2, 0) is 16.1 Å². The Balaban J connectivity index is 2.35. The highest BCUT2D eigenvalue weighted by atomic mass is 35.5. The van der Waals surface area contributed by atoms with Gasteiger partial charge in [0.2, 0.25) is 0 Å². The zero-order valence-electron chi connectivity index (χ0n) is 10.7. The summed E-state index contributed by atoms with van der Waals surface area (Å²) in [5, 5.41) is 0.739. The lowest BCUT2D eigenvalue weighted by Gasteiger charge is -2.14. The van der Waals surface area contributed by atoms with Gasteiger partial charge in [-0.25, -0.2) is 4.79 Å². The van der Waals surface area contributed by atoms with Gasteiger partial charge in [0.05, 0.1) is 6.61 Å². The minimum Gasteiger partial charge on any atom is -0.463 e. The minimum atomic E-state index is -0.294. The zero-order valence-corrected chi connectivity index (χ0v) is 11.5. The number of ether oxygens (including phenoxy) is 1. The first kappa shape index (κ1) is 14.7. The third-order valence-electron chi connectivity index (χ3n) is 2.32. The summed E-state index contributed by atoms with van der Waals surface area (Å²) in [6.07, 6.45) is 3.26. The Morgan fingerprint density at radius 3 is 2.67 bits per heavy atom. The molecule has 18 heavy (non-hydrogen) atoms. The molecule has 0 spiro atoms. The Morgan fingerprint density at radius 1 is 1.39 bits per heavy atom. The summed E-state index contributed by atoms with van der Waals surface area (Å²) < 4.78 is 4.80. The largest absolute Gasteiger partial charge is 0.463 e. The van der Waals surface area contributed by atoms with Crippen LogP contribution in [0.3, 0.4) is 0 Å². The van der Waals surface area contributed by atoms with Gasteiger partial charge in [-0.2, -0.15) is 0 Å². The van der Waals surface area contributed by atoms with Gasteiger partial charge >= 0.3 is 5.97 Å². The van der Waals surface area contributed by atoms with E-state index in [2.05, 4.69) is 4.90 Å². The molecule has 98 valence electrons. The molecule has 1 aromatic rings. The van der Waals surface area contributed by atoms with Gasteiger partial charge in [-0.1, -0.05) is 29.8 Å². The number of halogens is 1. The molecule has 0 unspecified atom stereocenters. The molecule has 3 nitrogen and oxygen atoms in total. The van der Waals surface area contributed by atoms with Crippen molar-refractivity contribution < 1.29 is 9.53 Å². The molecule has 0 radical (unpaired) electrons. The highest BCUT2D eigenvalue weighted by molar-refractivity contribution is 6.30. The highest BCUT2D eigenvalue weighted by Gasteiger charge is 1.99. The molecule has 0 fully saturated rings. The molecule has 0 N–H and O–H groups in total. The van der Waals surface area contributed by atoms with Gasteiger partial charge in [0, 0.05) is 24.2 Å². The van der Waals surface area contributed by atoms with Crippen LogP contribution in [0.25, 0.3) is 0 Å². The molecule has 1 rings (SSSR count). The molecule has 0 bridgehead atoms. The molecule has 1 aromatic carbocycles. The summed E-state index contributed by atoms with van der Waals surface area (Å²) in [7, 11) is 1.99. The number of benzene rings is 1. The van der Waals surface area contributed by atoms with E-state index >= 15 is 0 Å². The summed E-state index contributed by atoms with van der Waals surface area (Å²) in [4.78, 5) is 13.2. The Hall–Kier alpha value is -1.32.